The largest absolute Gasteiger partial charge is 0.312 e. The Bertz CT molecular complexity index is 794. The molecule has 1 N–H and O–H groups in total. The number of H-pyrrole nitrogens is 1. The molecule has 1 aromatic carbocycles. The van der Waals surface area contributed by atoms with Gasteiger partial charge in [-0.25, -0.2) is 4.98 Å². The maximum atomic E-state index is 11.7. The third-order valence-corrected chi connectivity index (χ3v) is 4.82. The first-order valence-corrected chi connectivity index (χ1v) is 7.48. The number of aromatic nitrogens is 2. The number of benzene rings is 1. The number of nitrogens with one attached hydrogen (secondary N) is 1. The van der Waals surface area contributed by atoms with Crippen molar-refractivity contribution in [1.29, 1.82) is 0 Å². The molecule has 0 aliphatic heterocycles. The van der Waals surface area contributed by atoms with E-state index in [1.54, 1.807) is 0 Å². The summed E-state index contributed by atoms with van der Waals surface area (Å²) in [4.78, 5) is 19.4. The van der Waals surface area contributed by atoms with Gasteiger partial charge in [0.2, 0.25) is 0 Å². The number of halogens is 2. The average molecular weight is 386 g/mol. The molecule has 0 bridgehead atoms. The SMILES string of the molecule is O=c1[nH]cnc2cc(-c3ccc(Br)cc3Br)sc12. The van der Waals surface area contributed by atoms with Gasteiger partial charge in [0.05, 0.1) is 11.8 Å². The van der Waals surface area contributed by atoms with Crippen molar-refractivity contribution in [2.75, 3.05) is 0 Å². The second kappa shape index (κ2) is 4.60. The number of fused-ring (bicyclic) bond motifs is 1. The van der Waals surface area contributed by atoms with Crippen LogP contribution in [0, 0.1) is 0 Å². The molecule has 3 nitrogen and oxygen atoms in total. The Morgan fingerprint density at radius 2 is 2.06 bits per heavy atom. The van der Waals surface area contributed by atoms with Gasteiger partial charge in [-0.15, -0.1) is 11.3 Å². The summed E-state index contributed by atoms with van der Waals surface area (Å²) >= 11 is 8.40. The summed E-state index contributed by atoms with van der Waals surface area (Å²) in [6, 6.07) is 7.90. The van der Waals surface area contributed by atoms with Crippen LogP contribution < -0.4 is 5.56 Å². The van der Waals surface area contributed by atoms with Crippen LogP contribution >= 0.6 is 43.2 Å². The molecule has 2 aromatic heterocycles. The molecule has 0 spiro atoms. The molecular formula is C12H6Br2N2OS. The Morgan fingerprint density at radius 1 is 1.22 bits per heavy atom. The van der Waals surface area contributed by atoms with Gasteiger partial charge in [0.1, 0.15) is 4.70 Å². The molecule has 2 heterocycles. The minimum absolute atomic E-state index is 0.0931. The van der Waals surface area contributed by atoms with Crippen molar-refractivity contribution in [1.82, 2.24) is 9.97 Å². The molecule has 0 amide bonds. The second-order valence-corrected chi connectivity index (χ2v) is 6.50. The number of aromatic amines is 1. The van der Waals surface area contributed by atoms with Crippen LogP contribution in [-0.2, 0) is 0 Å². The third-order valence-electron chi connectivity index (χ3n) is 2.51. The molecule has 0 aliphatic rings. The first-order valence-electron chi connectivity index (χ1n) is 5.08. The molecule has 0 saturated carbocycles. The summed E-state index contributed by atoms with van der Waals surface area (Å²) in [5, 5.41) is 0. The Labute approximate surface area is 123 Å². The molecule has 18 heavy (non-hydrogen) atoms. The van der Waals surface area contributed by atoms with E-state index < -0.39 is 0 Å². The summed E-state index contributed by atoms with van der Waals surface area (Å²) in [7, 11) is 0. The molecule has 3 aromatic rings. The van der Waals surface area contributed by atoms with Crippen molar-refractivity contribution in [3.63, 3.8) is 0 Å². The number of rotatable bonds is 1. The standard InChI is InChI=1S/C12H6Br2N2OS/c13-6-1-2-7(8(14)3-6)10-4-9-11(18-10)12(17)16-5-15-9/h1-5H,(H,15,16,17). The highest BCUT2D eigenvalue weighted by Gasteiger charge is 2.10. The van der Waals surface area contributed by atoms with Crippen LogP contribution in [0.1, 0.15) is 0 Å². The zero-order valence-electron chi connectivity index (χ0n) is 8.91. The van der Waals surface area contributed by atoms with E-state index in [0.717, 1.165) is 24.9 Å². The molecule has 0 unspecified atom stereocenters. The molecule has 6 heteroatoms. The summed E-state index contributed by atoms with van der Waals surface area (Å²) in [5.41, 5.74) is 1.69. The monoisotopic (exact) mass is 384 g/mol. The lowest BCUT2D eigenvalue weighted by Crippen LogP contribution is -2.02. The molecule has 0 aliphatic carbocycles. The van der Waals surface area contributed by atoms with Gasteiger partial charge in [-0.1, -0.05) is 37.9 Å². The Balaban J connectivity index is 2.26. The van der Waals surface area contributed by atoms with Crippen molar-refractivity contribution in [3.05, 3.63) is 49.9 Å². The van der Waals surface area contributed by atoms with Crippen LogP contribution in [-0.4, -0.2) is 9.97 Å². The van der Waals surface area contributed by atoms with Gasteiger partial charge in [-0.2, -0.15) is 0 Å². The zero-order valence-corrected chi connectivity index (χ0v) is 12.9. The Morgan fingerprint density at radius 3 is 2.78 bits per heavy atom. The number of hydrogen-bond acceptors (Lipinski definition) is 3. The molecule has 90 valence electrons. The first kappa shape index (κ1) is 12.1. The summed E-state index contributed by atoms with van der Waals surface area (Å²) in [5.74, 6) is 0. The van der Waals surface area contributed by atoms with E-state index in [1.165, 1.54) is 17.7 Å². The van der Waals surface area contributed by atoms with Crippen molar-refractivity contribution in [2.24, 2.45) is 0 Å². The van der Waals surface area contributed by atoms with E-state index >= 15 is 0 Å². The quantitative estimate of drug-likeness (QED) is 0.683. The second-order valence-electron chi connectivity index (χ2n) is 3.68. The predicted octanol–water partition coefficient (Wildman–Crippen LogP) is 4.18. The lowest BCUT2D eigenvalue weighted by molar-refractivity contribution is 1.18. The van der Waals surface area contributed by atoms with Crippen molar-refractivity contribution >= 4 is 53.4 Å². The van der Waals surface area contributed by atoms with Crippen LogP contribution in [0.3, 0.4) is 0 Å². The summed E-state index contributed by atoms with van der Waals surface area (Å²) < 4.78 is 2.65. The van der Waals surface area contributed by atoms with Crippen molar-refractivity contribution in [3.8, 4) is 10.4 Å². The van der Waals surface area contributed by atoms with Gasteiger partial charge in [-0.05, 0) is 18.2 Å². The zero-order chi connectivity index (χ0) is 12.7. The molecule has 0 saturated heterocycles. The topological polar surface area (TPSA) is 45.8 Å². The summed E-state index contributed by atoms with van der Waals surface area (Å²) in [6.45, 7) is 0. The van der Waals surface area contributed by atoms with Gasteiger partial charge in [0.15, 0.2) is 0 Å². The van der Waals surface area contributed by atoms with Crippen LogP contribution in [0.5, 0.6) is 0 Å². The fraction of sp³-hybridized carbons (Fsp3) is 0. The highest BCUT2D eigenvalue weighted by molar-refractivity contribution is 9.11. The van der Waals surface area contributed by atoms with Crippen LogP contribution in [0.25, 0.3) is 20.7 Å². The van der Waals surface area contributed by atoms with Gasteiger partial charge in [0.25, 0.3) is 5.56 Å². The average Bonchev–Trinajstić information content (AvgIpc) is 2.74. The minimum Gasteiger partial charge on any atom is -0.312 e. The lowest BCUT2D eigenvalue weighted by atomic mass is 10.2. The first-order chi connectivity index (χ1) is 8.65. The lowest BCUT2D eigenvalue weighted by Gasteiger charge is -2.01. The minimum atomic E-state index is -0.0931. The van der Waals surface area contributed by atoms with E-state index in [-0.39, 0.29) is 5.56 Å². The Kier molecular flexibility index (Phi) is 3.09. The fourth-order valence-electron chi connectivity index (χ4n) is 1.69. The third kappa shape index (κ3) is 2.04. The van der Waals surface area contributed by atoms with E-state index in [4.69, 9.17) is 0 Å². The van der Waals surface area contributed by atoms with Gasteiger partial charge < -0.3 is 4.98 Å². The molecule has 0 fully saturated rings. The smallest absolute Gasteiger partial charge is 0.268 e. The Hall–Kier alpha value is -0.980. The van der Waals surface area contributed by atoms with Crippen LogP contribution in [0.4, 0.5) is 0 Å². The molecule has 0 radical (unpaired) electrons. The maximum Gasteiger partial charge on any atom is 0.268 e. The summed E-state index contributed by atoms with van der Waals surface area (Å²) in [6.07, 6.45) is 1.43. The van der Waals surface area contributed by atoms with Gasteiger partial charge >= 0.3 is 0 Å². The van der Waals surface area contributed by atoms with Crippen LogP contribution in [0.15, 0.2) is 44.3 Å². The number of thiophene rings is 1. The number of hydrogen-bond donors (Lipinski definition) is 1. The van der Waals surface area contributed by atoms with Gasteiger partial charge in [0, 0.05) is 19.4 Å². The fourth-order valence-corrected chi connectivity index (χ4v) is 4.13. The normalized spacial score (nSPS) is 11.0. The molecular weight excluding hydrogens is 380 g/mol. The van der Waals surface area contributed by atoms with Crippen molar-refractivity contribution in [2.45, 2.75) is 0 Å². The van der Waals surface area contributed by atoms with E-state index in [0.29, 0.717) is 4.70 Å². The number of nitrogens with zero attached hydrogens (tertiary/aromatic N) is 1. The molecule has 3 rings (SSSR count). The van der Waals surface area contributed by atoms with E-state index in [1.807, 2.05) is 24.3 Å². The highest BCUT2D eigenvalue weighted by Crippen LogP contribution is 2.36. The van der Waals surface area contributed by atoms with Gasteiger partial charge in [-0.3, -0.25) is 4.79 Å². The van der Waals surface area contributed by atoms with E-state index in [2.05, 4.69) is 41.8 Å². The van der Waals surface area contributed by atoms with Crippen molar-refractivity contribution < 1.29 is 0 Å². The van der Waals surface area contributed by atoms with E-state index in [9.17, 15) is 4.79 Å². The predicted molar refractivity (Wildman–Crippen MR) is 81.1 cm³/mol. The highest BCUT2D eigenvalue weighted by atomic mass is 79.9. The maximum absolute atomic E-state index is 11.7. The molecule has 0 atom stereocenters. The van der Waals surface area contributed by atoms with Crippen LogP contribution in [0.2, 0.25) is 0 Å².